The predicted molar refractivity (Wildman–Crippen MR) is 50.6 cm³/mol. The molecular formula is C8H11N3O4. The minimum absolute atomic E-state index is 0.113. The first-order chi connectivity index (χ1) is 6.91. The first kappa shape index (κ1) is 11.2. The second-order valence-corrected chi connectivity index (χ2v) is 3.32. The van der Waals surface area contributed by atoms with Crippen molar-refractivity contribution < 1.29 is 14.8 Å². The van der Waals surface area contributed by atoms with Crippen LogP contribution in [0.15, 0.2) is 6.20 Å². The fraction of sp³-hybridized carbons (Fsp3) is 0.500. The maximum Gasteiger partial charge on any atom is 0.392 e. The first-order valence-corrected chi connectivity index (χ1v) is 4.33. The van der Waals surface area contributed by atoms with Gasteiger partial charge >= 0.3 is 11.8 Å². The van der Waals surface area contributed by atoms with Crippen molar-refractivity contribution in [2.24, 2.45) is 0 Å². The number of aryl methyl sites for hydroxylation is 1. The van der Waals surface area contributed by atoms with Gasteiger partial charge in [0.05, 0.1) is 29.3 Å². The number of carbonyl (C=O) groups is 1. The molecule has 0 amide bonds. The van der Waals surface area contributed by atoms with Gasteiger partial charge in [-0.2, -0.15) is 4.68 Å². The molecule has 0 radical (unpaired) electrons. The van der Waals surface area contributed by atoms with Gasteiger partial charge in [0.15, 0.2) is 0 Å². The van der Waals surface area contributed by atoms with Crippen LogP contribution in [0.4, 0.5) is 5.82 Å². The molecule has 0 bridgehead atoms. The summed E-state index contributed by atoms with van der Waals surface area (Å²) in [7, 11) is 0. The van der Waals surface area contributed by atoms with Gasteiger partial charge in [0.25, 0.3) is 0 Å². The highest BCUT2D eigenvalue weighted by Crippen LogP contribution is 2.18. The summed E-state index contributed by atoms with van der Waals surface area (Å²) < 4.78 is 1.31. The van der Waals surface area contributed by atoms with E-state index >= 15 is 0 Å². The van der Waals surface area contributed by atoms with Crippen LogP contribution in [0, 0.1) is 17.0 Å². The zero-order valence-corrected chi connectivity index (χ0v) is 8.38. The fourth-order valence-corrected chi connectivity index (χ4v) is 1.23. The van der Waals surface area contributed by atoms with Crippen LogP contribution in [0.3, 0.4) is 0 Å². The van der Waals surface area contributed by atoms with E-state index in [4.69, 9.17) is 5.11 Å². The number of nitrogens with zero attached hydrogens (tertiary/aromatic N) is 3. The van der Waals surface area contributed by atoms with Gasteiger partial charge in [0, 0.05) is 0 Å². The van der Waals surface area contributed by atoms with E-state index in [9.17, 15) is 14.9 Å². The maximum absolute atomic E-state index is 10.5. The molecule has 1 rings (SSSR count). The Bertz CT molecular complexity index is 399. The second kappa shape index (κ2) is 4.07. The second-order valence-electron chi connectivity index (χ2n) is 3.32. The molecule has 0 aliphatic carbocycles. The summed E-state index contributed by atoms with van der Waals surface area (Å²) in [6.07, 6.45) is 1.37. The zero-order valence-electron chi connectivity index (χ0n) is 8.38. The lowest BCUT2D eigenvalue weighted by Gasteiger charge is -2.03. The summed E-state index contributed by atoms with van der Waals surface area (Å²) in [6.45, 7) is 3.21. The Morgan fingerprint density at radius 2 is 2.40 bits per heavy atom. The summed E-state index contributed by atoms with van der Waals surface area (Å²) in [5.41, 5.74) is 0.428. The number of aliphatic carboxylic acids is 1. The Hall–Kier alpha value is -1.92. The molecule has 15 heavy (non-hydrogen) atoms. The molecule has 1 N–H and O–H groups in total. The van der Waals surface area contributed by atoms with Crippen molar-refractivity contribution in [2.45, 2.75) is 26.3 Å². The number of nitro groups is 1. The van der Waals surface area contributed by atoms with Gasteiger partial charge in [-0.3, -0.25) is 4.79 Å². The van der Waals surface area contributed by atoms with E-state index in [2.05, 4.69) is 5.10 Å². The summed E-state index contributed by atoms with van der Waals surface area (Å²) in [4.78, 5) is 20.3. The average Bonchev–Trinajstić information content (AvgIpc) is 2.46. The first-order valence-electron chi connectivity index (χ1n) is 4.33. The van der Waals surface area contributed by atoms with Crippen molar-refractivity contribution in [3.63, 3.8) is 0 Å². The number of rotatable bonds is 4. The molecule has 0 saturated heterocycles. The minimum atomic E-state index is -0.960. The molecule has 0 spiro atoms. The summed E-state index contributed by atoms with van der Waals surface area (Å²) >= 11 is 0. The third-order valence-corrected chi connectivity index (χ3v) is 1.98. The zero-order chi connectivity index (χ0) is 11.6. The molecule has 7 heteroatoms. The minimum Gasteiger partial charge on any atom is -0.481 e. The summed E-state index contributed by atoms with van der Waals surface area (Å²) in [5, 5.41) is 22.8. The monoisotopic (exact) mass is 213 g/mol. The van der Waals surface area contributed by atoms with Gasteiger partial charge in [-0.15, -0.1) is 0 Å². The van der Waals surface area contributed by atoms with Crippen molar-refractivity contribution in [3.05, 3.63) is 21.9 Å². The highest BCUT2D eigenvalue weighted by atomic mass is 16.6. The van der Waals surface area contributed by atoms with Gasteiger partial charge in [-0.1, -0.05) is 0 Å². The Kier molecular flexibility index (Phi) is 3.03. The van der Waals surface area contributed by atoms with E-state index in [0.29, 0.717) is 5.56 Å². The van der Waals surface area contributed by atoms with E-state index < -0.39 is 16.9 Å². The van der Waals surface area contributed by atoms with Gasteiger partial charge in [-0.05, 0) is 18.8 Å². The number of aromatic nitrogens is 2. The molecule has 1 aromatic heterocycles. The van der Waals surface area contributed by atoms with Gasteiger partial charge in [0.2, 0.25) is 0 Å². The van der Waals surface area contributed by atoms with E-state index in [-0.39, 0.29) is 12.2 Å². The lowest BCUT2D eigenvalue weighted by atomic mass is 10.2. The lowest BCUT2D eigenvalue weighted by molar-refractivity contribution is -0.390. The fourth-order valence-electron chi connectivity index (χ4n) is 1.23. The van der Waals surface area contributed by atoms with E-state index in [1.807, 2.05) is 0 Å². The van der Waals surface area contributed by atoms with Crippen LogP contribution < -0.4 is 0 Å². The molecule has 1 atom stereocenters. The molecule has 82 valence electrons. The van der Waals surface area contributed by atoms with Crippen LogP contribution in [0.2, 0.25) is 0 Å². The molecule has 0 saturated carbocycles. The molecule has 0 aliphatic heterocycles. The highest BCUT2D eigenvalue weighted by Gasteiger charge is 2.21. The Morgan fingerprint density at radius 3 is 2.80 bits per heavy atom. The molecule has 1 unspecified atom stereocenters. The van der Waals surface area contributed by atoms with Crippen LogP contribution in [0.5, 0.6) is 0 Å². The van der Waals surface area contributed by atoms with E-state index in [1.165, 1.54) is 10.9 Å². The Morgan fingerprint density at radius 1 is 1.80 bits per heavy atom. The summed E-state index contributed by atoms with van der Waals surface area (Å²) in [6, 6.07) is -0.394. The van der Waals surface area contributed by atoms with Gasteiger partial charge in [-0.25, -0.2) is 0 Å². The van der Waals surface area contributed by atoms with Crippen LogP contribution in [0.1, 0.15) is 24.9 Å². The average molecular weight is 213 g/mol. The van der Waals surface area contributed by atoms with Crippen molar-refractivity contribution in [3.8, 4) is 0 Å². The predicted octanol–water partition coefficient (Wildman–Crippen LogP) is 1.14. The normalized spacial score (nSPS) is 12.4. The smallest absolute Gasteiger partial charge is 0.392 e. The van der Waals surface area contributed by atoms with Gasteiger partial charge in [0.1, 0.15) is 0 Å². The SMILES string of the molecule is Cc1cn(C(C)CC(=O)O)nc1[N+](=O)[O-]. The molecule has 0 aliphatic rings. The molecule has 1 aromatic rings. The van der Waals surface area contributed by atoms with E-state index in [0.717, 1.165) is 0 Å². The topological polar surface area (TPSA) is 98.3 Å². The Labute approximate surface area is 85.5 Å². The number of hydrogen-bond donors (Lipinski definition) is 1. The molecular weight excluding hydrogens is 202 g/mol. The number of hydrogen-bond acceptors (Lipinski definition) is 4. The van der Waals surface area contributed by atoms with Crippen LogP contribution in [-0.2, 0) is 4.79 Å². The summed E-state index contributed by atoms with van der Waals surface area (Å²) in [5.74, 6) is -1.19. The molecule has 1 heterocycles. The highest BCUT2D eigenvalue weighted by molar-refractivity contribution is 5.67. The number of carboxylic acid groups (broad SMARTS) is 1. The lowest BCUT2D eigenvalue weighted by Crippen LogP contribution is -2.11. The molecule has 7 nitrogen and oxygen atoms in total. The standard InChI is InChI=1S/C8H11N3O4/c1-5-4-10(6(2)3-7(12)13)9-8(5)11(14)15/h4,6H,3H2,1-2H3,(H,12,13). The molecule has 0 aromatic carbocycles. The quantitative estimate of drug-likeness (QED) is 0.597. The van der Waals surface area contributed by atoms with Crippen molar-refractivity contribution in [1.82, 2.24) is 9.78 Å². The van der Waals surface area contributed by atoms with Crippen LogP contribution >= 0.6 is 0 Å². The Balaban J connectivity index is 2.91. The van der Waals surface area contributed by atoms with Crippen LogP contribution in [-0.4, -0.2) is 25.8 Å². The van der Waals surface area contributed by atoms with Crippen molar-refractivity contribution >= 4 is 11.8 Å². The third kappa shape index (κ3) is 2.52. The van der Waals surface area contributed by atoms with Gasteiger partial charge < -0.3 is 15.2 Å². The van der Waals surface area contributed by atoms with Crippen molar-refractivity contribution in [2.75, 3.05) is 0 Å². The third-order valence-electron chi connectivity index (χ3n) is 1.98. The largest absolute Gasteiger partial charge is 0.481 e. The number of carboxylic acids is 1. The van der Waals surface area contributed by atoms with E-state index in [1.54, 1.807) is 13.8 Å². The van der Waals surface area contributed by atoms with Crippen LogP contribution in [0.25, 0.3) is 0 Å². The van der Waals surface area contributed by atoms with Crippen molar-refractivity contribution in [1.29, 1.82) is 0 Å². The maximum atomic E-state index is 10.5. The molecule has 0 fully saturated rings.